The average molecular weight is 314 g/mol. The van der Waals surface area contributed by atoms with Crippen molar-refractivity contribution in [3.8, 4) is 5.75 Å². The van der Waals surface area contributed by atoms with Gasteiger partial charge in [0.2, 0.25) is 0 Å². The first-order valence-corrected chi connectivity index (χ1v) is 7.18. The molecule has 1 aromatic carbocycles. The number of ether oxygens (including phenoxy) is 1. The molecule has 1 rings (SSSR count). The zero-order valence-corrected chi connectivity index (χ0v) is 12.9. The van der Waals surface area contributed by atoms with Crippen LogP contribution >= 0.6 is 11.6 Å². The number of hydrogen-bond acceptors (Lipinski definition) is 3. The van der Waals surface area contributed by atoms with Crippen molar-refractivity contribution in [2.45, 2.75) is 32.8 Å². The van der Waals surface area contributed by atoms with Gasteiger partial charge in [-0.05, 0) is 37.5 Å². The van der Waals surface area contributed by atoms with Crippen LogP contribution in [0.4, 0.5) is 0 Å². The summed E-state index contributed by atoms with van der Waals surface area (Å²) in [5.41, 5.74) is 0. The molecule has 0 fully saturated rings. The fourth-order valence-corrected chi connectivity index (χ4v) is 1.87. The Morgan fingerprint density at radius 2 is 2.10 bits per heavy atom. The van der Waals surface area contributed by atoms with Crippen LogP contribution in [0, 0.1) is 5.92 Å². The molecule has 21 heavy (non-hydrogen) atoms. The van der Waals surface area contributed by atoms with E-state index in [0.717, 1.165) is 0 Å². The van der Waals surface area contributed by atoms with Gasteiger partial charge in [-0.15, -0.1) is 0 Å². The molecule has 2 N–H and O–H groups in total. The number of carboxylic acid groups (broad SMARTS) is 1. The first kappa shape index (κ1) is 17.3. The Hall–Kier alpha value is -1.75. The number of halogens is 1. The molecule has 2 unspecified atom stereocenters. The van der Waals surface area contributed by atoms with E-state index in [4.69, 9.17) is 21.4 Å². The highest BCUT2D eigenvalue weighted by Crippen LogP contribution is 2.18. The Morgan fingerprint density at radius 3 is 2.71 bits per heavy atom. The summed E-state index contributed by atoms with van der Waals surface area (Å²) in [7, 11) is 0. The molecular weight excluding hydrogens is 294 g/mol. The maximum Gasteiger partial charge on any atom is 0.303 e. The van der Waals surface area contributed by atoms with Crippen molar-refractivity contribution in [2.24, 2.45) is 5.92 Å². The molecule has 0 aromatic heterocycles. The second-order valence-corrected chi connectivity index (χ2v) is 5.44. The smallest absolute Gasteiger partial charge is 0.303 e. The molecule has 0 saturated carbocycles. The number of amides is 1. The van der Waals surface area contributed by atoms with E-state index in [1.54, 1.807) is 31.2 Å². The fraction of sp³-hybridized carbons (Fsp3) is 0.467. The number of rotatable bonds is 8. The topological polar surface area (TPSA) is 75.6 Å². The van der Waals surface area contributed by atoms with E-state index < -0.39 is 12.1 Å². The van der Waals surface area contributed by atoms with Crippen molar-refractivity contribution in [2.75, 3.05) is 6.54 Å². The zero-order valence-electron chi connectivity index (χ0n) is 12.1. The van der Waals surface area contributed by atoms with Crippen LogP contribution in [0.5, 0.6) is 5.75 Å². The van der Waals surface area contributed by atoms with Crippen molar-refractivity contribution in [3.63, 3.8) is 0 Å². The van der Waals surface area contributed by atoms with E-state index >= 15 is 0 Å². The summed E-state index contributed by atoms with van der Waals surface area (Å²) in [6.07, 6.45) is -0.0137. The van der Waals surface area contributed by atoms with Crippen molar-refractivity contribution in [1.29, 1.82) is 0 Å². The van der Waals surface area contributed by atoms with E-state index in [0.29, 0.717) is 23.7 Å². The summed E-state index contributed by atoms with van der Waals surface area (Å²) in [5.74, 6) is -0.435. The van der Waals surface area contributed by atoms with Gasteiger partial charge in [0.1, 0.15) is 5.75 Å². The summed E-state index contributed by atoms with van der Waals surface area (Å²) >= 11 is 5.84. The summed E-state index contributed by atoms with van der Waals surface area (Å²) < 4.78 is 5.50. The molecule has 1 aromatic rings. The Balaban J connectivity index is 2.35. The summed E-state index contributed by atoms with van der Waals surface area (Å²) in [5, 5.41) is 11.9. The monoisotopic (exact) mass is 313 g/mol. The molecule has 0 aliphatic heterocycles. The third-order valence-electron chi connectivity index (χ3n) is 2.95. The van der Waals surface area contributed by atoms with Crippen LogP contribution in [-0.2, 0) is 9.59 Å². The number of carbonyl (C=O) groups excluding carboxylic acids is 1. The fourth-order valence-electron chi connectivity index (χ4n) is 1.69. The van der Waals surface area contributed by atoms with Gasteiger partial charge >= 0.3 is 5.97 Å². The molecule has 0 aliphatic carbocycles. The van der Waals surface area contributed by atoms with Gasteiger partial charge in [-0.3, -0.25) is 9.59 Å². The van der Waals surface area contributed by atoms with Gasteiger partial charge in [0, 0.05) is 18.0 Å². The number of carboxylic acids is 1. The SMILES string of the molecule is CC(CCC(=O)O)CNC(=O)C(C)Oc1cccc(Cl)c1. The van der Waals surface area contributed by atoms with Gasteiger partial charge in [0.05, 0.1) is 0 Å². The molecule has 0 saturated heterocycles. The predicted octanol–water partition coefficient (Wildman–Crippen LogP) is 2.72. The second kappa shape index (κ2) is 8.52. The lowest BCUT2D eigenvalue weighted by atomic mass is 10.1. The van der Waals surface area contributed by atoms with Gasteiger partial charge in [-0.1, -0.05) is 24.6 Å². The number of hydrogen-bond donors (Lipinski definition) is 2. The Morgan fingerprint density at radius 1 is 1.38 bits per heavy atom. The minimum Gasteiger partial charge on any atom is -0.481 e. The molecule has 6 heteroatoms. The predicted molar refractivity (Wildman–Crippen MR) is 80.6 cm³/mol. The van der Waals surface area contributed by atoms with E-state index in [1.165, 1.54) is 0 Å². The van der Waals surface area contributed by atoms with Gasteiger partial charge in [0.25, 0.3) is 5.91 Å². The highest BCUT2D eigenvalue weighted by atomic mass is 35.5. The van der Waals surface area contributed by atoms with Gasteiger partial charge in [-0.25, -0.2) is 0 Å². The van der Waals surface area contributed by atoms with Gasteiger partial charge < -0.3 is 15.2 Å². The first-order valence-electron chi connectivity index (χ1n) is 6.80. The highest BCUT2D eigenvalue weighted by Gasteiger charge is 2.15. The normalized spacial score (nSPS) is 13.3. The van der Waals surface area contributed by atoms with E-state index in [2.05, 4.69) is 5.32 Å². The minimum absolute atomic E-state index is 0.100. The molecule has 2 atom stereocenters. The maximum absolute atomic E-state index is 11.9. The van der Waals surface area contributed by atoms with Crippen molar-refractivity contribution in [1.82, 2.24) is 5.32 Å². The highest BCUT2D eigenvalue weighted by molar-refractivity contribution is 6.30. The minimum atomic E-state index is -0.828. The van der Waals surface area contributed by atoms with Crippen LogP contribution in [0.3, 0.4) is 0 Å². The third kappa shape index (κ3) is 6.99. The maximum atomic E-state index is 11.9. The molecule has 116 valence electrons. The number of benzene rings is 1. The van der Waals surface area contributed by atoms with Crippen molar-refractivity contribution < 1.29 is 19.4 Å². The average Bonchev–Trinajstić information content (AvgIpc) is 2.42. The van der Waals surface area contributed by atoms with Crippen LogP contribution in [0.15, 0.2) is 24.3 Å². The lowest BCUT2D eigenvalue weighted by molar-refractivity contribution is -0.137. The zero-order chi connectivity index (χ0) is 15.8. The first-order chi connectivity index (χ1) is 9.88. The van der Waals surface area contributed by atoms with E-state index in [-0.39, 0.29) is 18.2 Å². The van der Waals surface area contributed by atoms with Crippen LogP contribution in [0.1, 0.15) is 26.7 Å². The molecule has 0 radical (unpaired) electrons. The molecule has 0 aliphatic rings. The van der Waals surface area contributed by atoms with Gasteiger partial charge in [-0.2, -0.15) is 0 Å². The molecule has 0 heterocycles. The van der Waals surface area contributed by atoms with Crippen LogP contribution in [-0.4, -0.2) is 29.6 Å². The Labute approximate surface area is 129 Å². The van der Waals surface area contributed by atoms with E-state index in [1.807, 2.05) is 6.92 Å². The van der Waals surface area contributed by atoms with Crippen molar-refractivity contribution >= 4 is 23.5 Å². The second-order valence-electron chi connectivity index (χ2n) is 5.00. The van der Waals surface area contributed by atoms with Crippen LogP contribution in [0.25, 0.3) is 0 Å². The quantitative estimate of drug-likeness (QED) is 0.773. The molecule has 0 spiro atoms. The lowest BCUT2D eigenvalue weighted by Gasteiger charge is -2.17. The number of aliphatic carboxylic acids is 1. The summed E-state index contributed by atoms with van der Waals surface area (Å²) in [4.78, 5) is 22.4. The Bertz CT molecular complexity index is 492. The summed E-state index contributed by atoms with van der Waals surface area (Å²) in [6.45, 7) is 3.97. The lowest BCUT2D eigenvalue weighted by Crippen LogP contribution is -2.38. The number of carbonyl (C=O) groups is 2. The molecule has 5 nitrogen and oxygen atoms in total. The Kier molecular flexibility index (Phi) is 7.02. The van der Waals surface area contributed by atoms with Gasteiger partial charge in [0.15, 0.2) is 6.10 Å². The number of nitrogens with one attached hydrogen (secondary N) is 1. The van der Waals surface area contributed by atoms with E-state index in [9.17, 15) is 9.59 Å². The largest absolute Gasteiger partial charge is 0.481 e. The van der Waals surface area contributed by atoms with Crippen molar-refractivity contribution in [3.05, 3.63) is 29.3 Å². The molecule has 0 bridgehead atoms. The standard InChI is InChI=1S/C15H20ClNO4/c1-10(6-7-14(18)19)9-17-15(20)11(2)21-13-5-3-4-12(16)8-13/h3-5,8,10-11H,6-7,9H2,1-2H3,(H,17,20)(H,18,19). The molecular formula is C15H20ClNO4. The summed E-state index contributed by atoms with van der Waals surface area (Å²) in [6, 6.07) is 6.84. The third-order valence-corrected chi connectivity index (χ3v) is 3.19. The van der Waals surface area contributed by atoms with Crippen LogP contribution < -0.4 is 10.1 Å². The molecule has 1 amide bonds. The van der Waals surface area contributed by atoms with Crippen LogP contribution in [0.2, 0.25) is 5.02 Å².